The Labute approximate surface area is 186 Å². The number of hydrogen-bond acceptors (Lipinski definition) is 6. The van der Waals surface area contributed by atoms with E-state index in [0.29, 0.717) is 29.0 Å². The lowest BCUT2D eigenvalue weighted by Gasteiger charge is -2.23. The molecule has 0 bridgehead atoms. The highest BCUT2D eigenvalue weighted by Crippen LogP contribution is 2.27. The van der Waals surface area contributed by atoms with Gasteiger partial charge in [-0.1, -0.05) is 49.9 Å². The molecule has 32 heavy (non-hydrogen) atoms. The van der Waals surface area contributed by atoms with E-state index in [9.17, 15) is 4.79 Å². The first kappa shape index (κ1) is 21.2. The topological polar surface area (TPSA) is 98.7 Å². The van der Waals surface area contributed by atoms with Gasteiger partial charge in [0.15, 0.2) is 0 Å². The zero-order valence-corrected chi connectivity index (χ0v) is 18.5. The summed E-state index contributed by atoms with van der Waals surface area (Å²) in [5.41, 5.74) is 9.62. The third-order valence-electron chi connectivity index (χ3n) is 5.53. The average molecular weight is 427 g/mol. The van der Waals surface area contributed by atoms with Crippen molar-refractivity contribution in [3.63, 3.8) is 0 Å². The van der Waals surface area contributed by atoms with Gasteiger partial charge in [0.05, 0.1) is 28.3 Å². The fourth-order valence-electron chi connectivity index (χ4n) is 3.95. The molecule has 3 N–H and O–H groups in total. The van der Waals surface area contributed by atoms with Crippen LogP contribution >= 0.6 is 0 Å². The van der Waals surface area contributed by atoms with Gasteiger partial charge >= 0.3 is 0 Å². The molecule has 0 aliphatic carbocycles. The Morgan fingerprint density at radius 3 is 2.53 bits per heavy atom. The number of hydrogen-bond donors (Lipinski definition) is 2. The fourth-order valence-corrected chi connectivity index (χ4v) is 3.95. The molecule has 2 heterocycles. The molecule has 1 atom stereocenters. The van der Waals surface area contributed by atoms with Gasteiger partial charge in [-0.2, -0.15) is 4.98 Å². The van der Waals surface area contributed by atoms with Crippen molar-refractivity contribution in [2.75, 3.05) is 11.1 Å². The number of para-hydroxylation sites is 1. The molecule has 0 amide bonds. The van der Waals surface area contributed by atoms with Crippen LogP contribution in [-0.2, 0) is 0 Å². The van der Waals surface area contributed by atoms with E-state index >= 15 is 0 Å². The van der Waals surface area contributed by atoms with Crippen molar-refractivity contribution in [2.24, 2.45) is 0 Å². The van der Waals surface area contributed by atoms with Crippen molar-refractivity contribution in [3.05, 3.63) is 88.1 Å². The molecular weight excluding hydrogens is 400 g/mol. The molecule has 0 aliphatic heterocycles. The van der Waals surface area contributed by atoms with Crippen LogP contribution in [0.15, 0.2) is 59.9 Å². The molecule has 0 fully saturated rings. The number of rotatable bonds is 6. The van der Waals surface area contributed by atoms with E-state index in [4.69, 9.17) is 10.7 Å². The van der Waals surface area contributed by atoms with Gasteiger partial charge < -0.3 is 11.1 Å². The van der Waals surface area contributed by atoms with Crippen LogP contribution in [0.3, 0.4) is 0 Å². The third kappa shape index (κ3) is 3.73. The summed E-state index contributed by atoms with van der Waals surface area (Å²) in [7, 11) is 0. The highest BCUT2D eigenvalue weighted by atomic mass is 16.1. The third-order valence-corrected chi connectivity index (χ3v) is 5.53. The maximum Gasteiger partial charge on any atom is 0.266 e. The lowest BCUT2D eigenvalue weighted by Crippen LogP contribution is -2.29. The zero-order chi connectivity index (χ0) is 22.8. The first-order valence-corrected chi connectivity index (χ1v) is 10.5. The Bertz CT molecular complexity index is 1360. The number of aromatic nitrogens is 4. The van der Waals surface area contributed by atoms with E-state index in [-0.39, 0.29) is 17.5 Å². The lowest BCUT2D eigenvalue weighted by atomic mass is 10.1. The summed E-state index contributed by atoms with van der Waals surface area (Å²) in [5.74, 6) is 1.34. The molecule has 162 valence electrons. The number of nitrogens with one attached hydrogen (secondary N) is 1. The van der Waals surface area contributed by atoms with E-state index in [2.05, 4.69) is 21.9 Å². The molecule has 0 spiro atoms. The van der Waals surface area contributed by atoms with Gasteiger partial charge in [-0.15, -0.1) is 0 Å². The second-order valence-corrected chi connectivity index (χ2v) is 7.65. The summed E-state index contributed by atoms with van der Waals surface area (Å²) < 4.78 is 1.68. The van der Waals surface area contributed by atoms with E-state index in [1.807, 2.05) is 69.3 Å². The number of benzene rings is 2. The molecule has 0 saturated carbocycles. The van der Waals surface area contributed by atoms with Crippen molar-refractivity contribution in [1.82, 2.24) is 19.5 Å². The Hall–Kier alpha value is -4.00. The van der Waals surface area contributed by atoms with Crippen molar-refractivity contribution in [2.45, 2.75) is 33.2 Å². The Morgan fingerprint density at radius 1 is 1.09 bits per heavy atom. The monoisotopic (exact) mass is 426 g/mol. The van der Waals surface area contributed by atoms with Gasteiger partial charge in [0, 0.05) is 5.56 Å². The number of anilines is 2. The second kappa shape index (κ2) is 8.63. The molecule has 4 aromatic rings. The normalized spacial score (nSPS) is 12.0. The number of nitrogens with two attached hydrogens (primary N) is 1. The summed E-state index contributed by atoms with van der Waals surface area (Å²) in [5, 5.41) is 4.05. The van der Waals surface area contributed by atoms with Crippen LogP contribution in [0, 0.1) is 13.8 Å². The summed E-state index contributed by atoms with van der Waals surface area (Å²) in [6.45, 7) is 9.71. The standard InChI is InChI=1S/C25H26N6O/c1-5-18-16(4)27-25(26)30-22(18)28-19(6-2)23-29-20-14-10-11-15(3)21(20)24(32)31(23)17-12-8-7-9-13-17/h5,7-14,19H,1,6H2,2-4H3,(H3,26,27,28,30). The molecule has 7 nitrogen and oxygen atoms in total. The SMILES string of the molecule is C=Cc1c(C)nc(N)nc1NC(CC)c1nc2cccc(C)c2c(=O)n1-c1ccccc1. The Kier molecular flexibility index (Phi) is 5.73. The smallest absolute Gasteiger partial charge is 0.266 e. The lowest BCUT2D eigenvalue weighted by molar-refractivity contribution is 0.658. The Balaban J connectivity index is 1.97. The van der Waals surface area contributed by atoms with Crippen LogP contribution in [0.25, 0.3) is 22.7 Å². The van der Waals surface area contributed by atoms with Crippen molar-refractivity contribution < 1.29 is 0 Å². The average Bonchev–Trinajstić information content (AvgIpc) is 2.77. The summed E-state index contributed by atoms with van der Waals surface area (Å²) in [4.78, 5) is 27.3. The van der Waals surface area contributed by atoms with Crippen LogP contribution in [0.5, 0.6) is 0 Å². The number of nitrogen functional groups attached to an aromatic ring is 1. The second-order valence-electron chi connectivity index (χ2n) is 7.65. The van der Waals surface area contributed by atoms with Crippen LogP contribution < -0.4 is 16.6 Å². The van der Waals surface area contributed by atoms with Crippen LogP contribution in [0.4, 0.5) is 11.8 Å². The van der Waals surface area contributed by atoms with Crippen LogP contribution in [-0.4, -0.2) is 19.5 Å². The fraction of sp³-hybridized carbons (Fsp3) is 0.200. The van der Waals surface area contributed by atoms with Crippen molar-refractivity contribution in [3.8, 4) is 5.69 Å². The van der Waals surface area contributed by atoms with Crippen molar-refractivity contribution >= 4 is 28.7 Å². The largest absolute Gasteiger partial charge is 0.368 e. The quantitative estimate of drug-likeness (QED) is 0.468. The molecule has 0 saturated heterocycles. The number of nitrogens with zero attached hydrogens (tertiary/aromatic N) is 4. The minimum absolute atomic E-state index is 0.100. The summed E-state index contributed by atoms with van der Waals surface area (Å²) in [6.07, 6.45) is 2.36. The van der Waals surface area contributed by atoms with E-state index in [0.717, 1.165) is 22.5 Å². The molecule has 4 rings (SSSR count). The Morgan fingerprint density at radius 2 is 1.84 bits per heavy atom. The predicted octanol–water partition coefficient (Wildman–Crippen LogP) is 4.58. The van der Waals surface area contributed by atoms with Crippen LogP contribution in [0.2, 0.25) is 0 Å². The first-order chi connectivity index (χ1) is 15.4. The summed E-state index contributed by atoms with van der Waals surface area (Å²) in [6, 6.07) is 15.0. The van der Waals surface area contributed by atoms with Gasteiger partial charge in [0.1, 0.15) is 11.6 Å². The predicted molar refractivity (Wildman–Crippen MR) is 130 cm³/mol. The highest BCUT2D eigenvalue weighted by Gasteiger charge is 2.22. The van der Waals surface area contributed by atoms with E-state index < -0.39 is 0 Å². The number of aryl methyl sites for hydroxylation is 2. The molecule has 0 aliphatic rings. The molecule has 7 heteroatoms. The van der Waals surface area contributed by atoms with Crippen molar-refractivity contribution in [1.29, 1.82) is 0 Å². The van der Waals surface area contributed by atoms with Crippen LogP contribution in [0.1, 0.15) is 42.0 Å². The van der Waals surface area contributed by atoms with Gasteiger partial charge in [-0.25, -0.2) is 9.97 Å². The van der Waals surface area contributed by atoms with E-state index in [1.165, 1.54) is 0 Å². The zero-order valence-electron chi connectivity index (χ0n) is 18.5. The molecule has 2 aromatic heterocycles. The van der Waals surface area contributed by atoms with Gasteiger partial charge in [0.2, 0.25) is 5.95 Å². The highest BCUT2D eigenvalue weighted by molar-refractivity contribution is 5.81. The molecule has 0 radical (unpaired) electrons. The van der Waals surface area contributed by atoms with Gasteiger partial charge in [0.25, 0.3) is 5.56 Å². The minimum atomic E-state index is -0.305. The summed E-state index contributed by atoms with van der Waals surface area (Å²) >= 11 is 0. The molecular formula is C25H26N6O. The molecule has 2 aromatic carbocycles. The maximum atomic E-state index is 13.7. The maximum absolute atomic E-state index is 13.7. The van der Waals surface area contributed by atoms with Gasteiger partial charge in [-0.05, 0) is 44.0 Å². The first-order valence-electron chi connectivity index (χ1n) is 10.5. The molecule has 1 unspecified atom stereocenters. The minimum Gasteiger partial charge on any atom is -0.368 e. The van der Waals surface area contributed by atoms with E-state index in [1.54, 1.807) is 10.6 Å². The van der Waals surface area contributed by atoms with Gasteiger partial charge in [-0.3, -0.25) is 9.36 Å². The number of fused-ring (bicyclic) bond motifs is 1.